The zero-order valence-corrected chi connectivity index (χ0v) is 21.8. The minimum Gasteiger partial charge on any atom is -0.490 e. The first-order chi connectivity index (χ1) is 17.3. The Hall–Kier alpha value is -2.96. The second-order valence-electron chi connectivity index (χ2n) is 8.16. The average Bonchev–Trinajstić information content (AvgIpc) is 2.89. The van der Waals surface area contributed by atoms with Gasteiger partial charge in [0.15, 0.2) is 5.78 Å². The Morgan fingerprint density at radius 1 is 1.17 bits per heavy atom. The molecule has 0 radical (unpaired) electrons. The Balaban J connectivity index is 2.02. The smallest absolute Gasteiger partial charge is 0.458 e. The van der Waals surface area contributed by atoms with Gasteiger partial charge in [-0.3, -0.25) is 4.79 Å². The van der Waals surface area contributed by atoms with Gasteiger partial charge in [-0.25, -0.2) is 4.57 Å². The summed E-state index contributed by atoms with van der Waals surface area (Å²) in [6.07, 6.45) is 6.72. The topological polar surface area (TPSA) is 96.3 Å². The Morgan fingerprint density at radius 2 is 1.86 bits per heavy atom. The summed E-state index contributed by atoms with van der Waals surface area (Å²) in [5, 5.41) is 10.6. The lowest BCUT2D eigenvalue weighted by molar-refractivity contribution is 0.0797. The van der Waals surface area contributed by atoms with E-state index in [1.807, 2.05) is 44.2 Å². The number of aliphatic hydroxyl groups is 1. The molecule has 2 atom stereocenters. The van der Waals surface area contributed by atoms with Crippen molar-refractivity contribution in [2.24, 2.45) is 0 Å². The molecule has 0 aliphatic heterocycles. The van der Waals surface area contributed by atoms with Crippen LogP contribution in [0.3, 0.4) is 0 Å². The lowest BCUT2D eigenvalue weighted by Crippen LogP contribution is -2.34. The number of nitrogens with zero attached hydrogens (tertiary/aromatic N) is 1. The number of benzene rings is 2. The first kappa shape index (κ1) is 29.3. The van der Waals surface area contributed by atoms with Gasteiger partial charge in [-0.05, 0) is 49.6 Å². The number of rotatable bonds is 16. The number of allylic oxidation sites excluding steroid dienone is 4. The molecule has 36 heavy (non-hydrogen) atoms. The van der Waals surface area contributed by atoms with Crippen molar-refractivity contribution >= 4 is 13.5 Å². The van der Waals surface area contributed by atoms with E-state index in [1.165, 1.54) is 16.8 Å². The summed E-state index contributed by atoms with van der Waals surface area (Å²) in [5.41, 5.74) is 1.51. The van der Waals surface area contributed by atoms with Gasteiger partial charge in [0, 0.05) is 19.5 Å². The van der Waals surface area contributed by atoms with Crippen LogP contribution in [-0.2, 0) is 15.5 Å². The zero-order valence-electron chi connectivity index (χ0n) is 21.0. The summed E-state index contributed by atoms with van der Waals surface area (Å²) in [5.74, 6) is 0.451. The molecule has 0 aliphatic rings. The molecule has 0 spiro atoms. The van der Waals surface area contributed by atoms with Crippen molar-refractivity contribution in [1.29, 1.82) is 0 Å². The van der Waals surface area contributed by atoms with E-state index in [2.05, 4.69) is 6.58 Å². The van der Waals surface area contributed by atoms with Gasteiger partial charge >= 0.3 is 7.75 Å². The average molecular weight is 514 g/mol. The third-order valence-electron chi connectivity index (χ3n) is 5.24. The fourth-order valence-electron chi connectivity index (χ4n) is 3.44. The van der Waals surface area contributed by atoms with Crippen LogP contribution in [0.15, 0.2) is 91.2 Å². The van der Waals surface area contributed by atoms with Crippen LogP contribution < -0.4 is 4.74 Å². The molecule has 2 aromatic carbocycles. The van der Waals surface area contributed by atoms with Crippen LogP contribution in [0.2, 0.25) is 0 Å². The largest absolute Gasteiger partial charge is 0.490 e. The number of carbonyl (C=O) groups excluding carboxylic acids is 1. The van der Waals surface area contributed by atoms with Gasteiger partial charge < -0.3 is 19.3 Å². The summed E-state index contributed by atoms with van der Waals surface area (Å²) in [7, 11) is -4.25. The van der Waals surface area contributed by atoms with Crippen LogP contribution in [0.4, 0.5) is 0 Å². The lowest BCUT2D eigenvalue weighted by Gasteiger charge is -2.28. The molecule has 0 fully saturated rings. The predicted octanol–water partition coefficient (Wildman–Crippen LogP) is 5.72. The van der Waals surface area contributed by atoms with Crippen molar-refractivity contribution in [1.82, 2.24) is 4.67 Å². The molecule has 2 aromatic rings. The summed E-state index contributed by atoms with van der Waals surface area (Å²) in [4.78, 5) is 23.4. The highest BCUT2D eigenvalue weighted by Gasteiger charge is 2.32. The second-order valence-corrected chi connectivity index (χ2v) is 9.89. The van der Waals surface area contributed by atoms with Gasteiger partial charge in [0.1, 0.15) is 24.2 Å². The van der Waals surface area contributed by atoms with Crippen LogP contribution in [0.5, 0.6) is 5.75 Å². The minimum atomic E-state index is -4.25. The molecule has 7 nitrogen and oxygen atoms in total. The number of hydrogen-bond acceptors (Lipinski definition) is 5. The zero-order chi connectivity index (χ0) is 26.4. The number of hydrogen-bond donors (Lipinski definition) is 2. The molecule has 2 N–H and O–H groups in total. The van der Waals surface area contributed by atoms with Crippen molar-refractivity contribution in [3.05, 3.63) is 102 Å². The Kier molecular flexibility index (Phi) is 12.4. The maximum absolute atomic E-state index is 12.9. The van der Waals surface area contributed by atoms with Crippen LogP contribution in [-0.4, -0.2) is 46.3 Å². The molecule has 0 aromatic heterocycles. The second kappa shape index (κ2) is 15.2. The first-order valence-electron chi connectivity index (χ1n) is 12.0. The van der Waals surface area contributed by atoms with E-state index in [0.717, 1.165) is 5.56 Å². The SMILES string of the molecule is C=C/C(=C\C=C/C)OP(=O)(O)N(CCC)CC(O)COc1ccccc1C(=O)CCc1ccccc1. The van der Waals surface area contributed by atoms with Crippen LogP contribution in [0, 0.1) is 0 Å². The number of ether oxygens (including phenoxy) is 1. The molecule has 8 heteroatoms. The van der Waals surface area contributed by atoms with Gasteiger partial charge in [-0.2, -0.15) is 4.67 Å². The van der Waals surface area contributed by atoms with Crippen LogP contribution in [0.25, 0.3) is 0 Å². The number of aryl methyl sites for hydroxylation is 1. The number of ketones is 1. The molecular weight excluding hydrogens is 477 g/mol. The van der Waals surface area contributed by atoms with Crippen LogP contribution in [0.1, 0.15) is 42.6 Å². The highest BCUT2D eigenvalue weighted by molar-refractivity contribution is 7.50. The Morgan fingerprint density at radius 3 is 2.53 bits per heavy atom. The highest BCUT2D eigenvalue weighted by Crippen LogP contribution is 2.48. The van der Waals surface area contributed by atoms with E-state index in [1.54, 1.807) is 36.4 Å². The molecule has 194 valence electrons. The number of carbonyl (C=O) groups is 1. The Bertz CT molecular complexity index is 1080. The standard InChI is InChI=1S/C28H36NO6P/c1-4-7-15-25(6-3)35-36(32,33)29(20-5-2)21-24(30)22-34-28-17-12-11-16-26(28)27(31)19-18-23-13-9-8-10-14-23/h4,6-17,24,30H,3,5,18-22H2,1-2H3,(H,32,33)/b7-4-,25-15+. The fraction of sp³-hybridized carbons (Fsp3) is 0.321. The van der Waals surface area contributed by atoms with E-state index < -0.39 is 13.9 Å². The minimum absolute atomic E-state index is 0.0605. The van der Waals surface area contributed by atoms with Crippen molar-refractivity contribution in [2.45, 2.75) is 39.2 Å². The third kappa shape index (κ3) is 9.59. The quantitative estimate of drug-likeness (QED) is 0.128. The maximum Gasteiger partial charge on any atom is 0.458 e. The molecule has 0 heterocycles. The molecule has 0 saturated carbocycles. The molecule has 0 saturated heterocycles. The molecular formula is C28H36NO6P. The molecule has 0 aliphatic carbocycles. The van der Waals surface area contributed by atoms with Crippen molar-refractivity contribution in [2.75, 3.05) is 19.7 Å². The third-order valence-corrected chi connectivity index (χ3v) is 6.77. The van der Waals surface area contributed by atoms with E-state index in [9.17, 15) is 19.4 Å². The summed E-state index contributed by atoms with van der Waals surface area (Å²) in [6.45, 7) is 7.19. The van der Waals surface area contributed by atoms with E-state index in [4.69, 9.17) is 9.26 Å². The van der Waals surface area contributed by atoms with E-state index >= 15 is 0 Å². The van der Waals surface area contributed by atoms with Crippen LogP contribution >= 0.6 is 7.75 Å². The monoisotopic (exact) mass is 513 g/mol. The van der Waals surface area contributed by atoms with E-state index in [0.29, 0.717) is 30.6 Å². The highest BCUT2D eigenvalue weighted by atomic mass is 31.2. The number of aliphatic hydroxyl groups excluding tert-OH is 1. The first-order valence-corrected chi connectivity index (χ1v) is 13.5. The molecule has 0 bridgehead atoms. The summed E-state index contributed by atoms with van der Waals surface area (Å²) < 4.78 is 25.2. The van der Waals surface area contributed by atoms with Crippen molar-refractivity contribution in [3.63, 3.8) is 0 Å². The molecule has 2 rings (SSSR count). The summed E-state index contributed by atoms with van der Waals surface area (Å²) in [6, 6.07) is 16.7. The summed E-state index contributed by atoms with van der Waals surface area (Å²) >= 11 is 0. The van der Waals surface area contributed by atoms with Gasteiger partial charge in [-0.15, -0.1) is 0 Å². The fourth-order valence-corrected chi connectivity index (χ4v) is 4.82. The normalized spacial score (nSPS) is 14.4. The number of para-hydroxylation sites is 1. The van der Waals surface area contributed by atoms with Gasteiger partial charge in [-0.1, -0.05) is 68.1 Å². The maximum atomic E-state index is 12.9. The molecule has 2 unspecified atom stereocenters. The van der Waals surface area contributed by atoms with Gasteiger partial charge in [0.05, 0.1) is 5.56 Å². The molecule has 0 amide bonds. The van der Waals surface area contributed by atoms with Gasteiger partial charge in [0.25, 0.3) is 0 Å². The van der Waals surface area contributed by atoms with Crippen molar-refractivity contribution < 1.29 is 28.6 Å². The number of Topliss-reactive ketones (excluding diaryl/α,β-unsaturated/α-hetero) is 1. The Labute approximate surface area is 214 Å². The predicted molar refractivity (Wildman–Crippen MR) is 143 cm³/mol. The van der Waals surface area contributed by atoms with Gasteiger partial charge in [0.2, 0.25) is 0 Å². The van der Waals surface area contributed by atoms with E-state index in [-0.39, 0.29) is 31.2 Å². The lowest BCUT2D eigenvalue weighted by atomic mass is 10.0. The van der Waals surface area contributed by atoms with Crippen molar-refractivity contribution in [3.8, 4) is 5.75 Å².